The predicted molar refractivity (Wildman–Crippen MR) is 79.6 cm³/mol. The van der Waals surface area contributed by atoms with Gasteiger partial charge in [0.15, 0.2) is 5.60 Å². The van der Waals surface area contributed by atoms with E-state index < -0.39 is 29.6 Å². The predicted octanol–water partition coefficient (Wildman–Crippen LogP) is 1.17. The van der Waals surface area contributed by atoms with Crippen LogP contribution in [0.5, 0.6) is 0 Å². The van der Waals surface area contributed by atoms with E-state index in [4.69, 9.17) is 18.9 Å². The molecule has 24 heavy (non-hydrogen) atoms. The van der Waals surface area contributed by atoms with Gasteiger partial charge in [-0.1, -0.05) is 24.3 Å². The Balaban J connectivity index is 2.22. The molecule has 1 aromatic rings. The molecule has 0 unspecified atom stereocenters. The minimum atomic E-state index is -1.37. The average Bonchev–Trinajstić information content (AvgIpc) is 3.10. The van der Waals surface area contributed by atoms with Gasteiger partial charge in [0.1, 0.15) is 12.7 Å². The second-order valence-corrected chi connectivity index (χ2v) is 5.46. The fraction of sp³-hybridized carbons (Fsp3) is 0.353. The van der Waals surface area contributed by atoms with Crippen molar-refractivity contribution in [3.05, 3.63) is 46.5 Å². The first-order valence-corrected chi connectivity index (χ1v) is 7.28. The molecule has 2 atom stereocenters. The van der Waals surface area contributed by atoms with Crippen molar-refractivity contribution in [2.75, 3.05) is 20.8 Å². The molecular formula is C17H16O7. The van der Waals surface area contributed by atoms with Crippen LogP contribution >= 0.6 is 0 Å². The maximum atomic E-state index is 12.4. The Morgan fingerprint density at radius 2 is 1.79 bits per heavy atom. The summed E-state index contributed by atoms with van der Waals surface area (Å²) in [6.07, 6.45) is -0.765. The van der Waals surface area contributed by atoms with Gasteiger partial charge in [0.25, 0.3) is 0 Å². The number of esters is 3. The van der Waals surface area contributed by atoms with E-state index in [1.54, 1.807) is 24.3 Å². The lowest BCUT2D eigenvalue weighted by molar-refractivity contribution is -0.153. The summed E-state index contributed by atoms with van der Waals surface area (Å²) < 4.78 is 20.8. The zero-order chi connectivity index (χ0) is 17.5. The van der Waals surface area contributed by atoms with E-state index in [0.717, 1.165) is 5.56 Å². The summed E-state index contributed by atoms with van der Waals surface area (Å²) in [6.45, 7) is 1.02. The molecule has 2 heterocycles. The number of carbonyl (C=O) groups is 3. The van der Waals surface area contributed by atoms with Gasteiger partial charge in [-0.15, -0.1) is 0 Å². The zero-order valence-corrected chi connectivity index (χ0v) is 13.5. The summed E-state index contributed by atoms with van der Waals surface area (Å²) in [5, 5.41) is 0. The van der Waals surface area contributed by atoms with E-state index in [-0.39, 0.29) is 17.8 Å². The zero-order valence-electron chi connectivity index (χ0n) is 13.5. The highest BCUT2D eigenvalue weighted by molar-refractivity contribution is 6.05. The number of methoxy groups -OCH3 is 2. The number of hydrogen-bond donors (Lipinski definition) is 0. The molecule has 7 nitrogen and oxygen atoms in total. The maximum absolute atomic E-state index is 12.4. The van der Waals surface area contributed by atoms with Crippen LogP contribution in [0.1, 0.15) is 24.2 Å². The van der Waals surface area contributed by atoms with E-state index >= 15 is 0 Å². The first kappa shape index (κ1) is 16.2. The molecule has 0 N–H and O–H groups in total. The van der Waals surface area contributed by atoms with Crippen LogP contribution in [0, 0.1) is 0 Å². The standard InChI is InChI=1S/C17H16O7/c1-9(18)23-8-17-11-7-5-4-6-10(11)14(24-17)12(15(19)21-2)13(17)16(20)22-3/h4-7,14H,8H2,1-3H3/t14-,17+/m0/s1. The number of hydrogen-bond acceptors (Lipinski definition) is 7. The quantitative estimate of drug-likeness (QED) is 0.604. The van der Waals surface area contributed by atoms with Crippen LogP contribution in [0.3, 0.4) is 0 Å². The second-order valence-electron chi connectivity index (χ2n) is 5.46. The molecular weight excluding hydrogens is 316 g/mol. The average molecular weight is 332 g/mol. The first-order valence-electron chi connectivity index (χ1n) is 7.28. The molecule has 0 fully saturated rings. The highest BCUT2D eigenvalue weighted by Crippen LogP contribution is 2.58. The lowest BCUT2D eigenvalue weighted by Gasteiger charge is -2.28. The van der Waals surface area contributed by atoms with E-state index in [2.05, 4.69) is 0 Å². The van der Waals surface area contributed by atoms with Crippen molar-refractivity contribution in [2.24, 2.45) is 0 Å². The summed E-state index contributed by atoms with van der Waals surface area (Å²) in [4.78, 5) is 35.9. The largest absolute Gasteiger partial charge is 0.466 e. The molecule has 0 radical (unpaired) electrons. The Kier molecular flexibility index (Phi) is 3.88. The lowest BCUT2D eigenvalue weighted by Crippen LogP contribution is -2.37. The smallest absolute Gasteiger partial charge is 0.337 e. The minimum absolute atomic E-state index is 0.0156. The van der Waals surface area contributed by atoms with Crippen LogP contribution in [0.15, 0.2) is 35.4 Å². The number of fused-ring (bicyclic) bond motifs is 5. The topological polar surface area (TPSA) is 88.1 Å². The van der Waals surface area contributed by atoms with Crippen molar-refractivity contribution < 1.29 is 33.3 Å². The molecule has 2 bridgehead atoms. The molecule has 0 saturated heterocycles. The van der Waals surface area contributed by atoms with Gasteiger partial charge < -0.3 is 18.9 Å². The summed E-state index contributed by atoms with van der Waals surface area (Å²) in [6, 6.07) is 7.16. The number of ether oxygens (including phenoxy) is 4. The molecule has 0 saturated carbocycles. The SMILES string of the molecule is COC(=O)C1=C(C(=O)OC)[C@]2(COC(C)=O)O[C@H]1c1ccccc12. The van der Waals surface area contributed by atoms with Gasteiger partial charge in [0.05, 0.1) is 25.4 Å². The third-order valence-electron chi connectivity index (χ3n) is 4.21. The maximum Gasteiger partial charge on any atom is 0.337 e. The van der Waals surface area contributed by atoms with Crippen molar-refractivity contribution >= 4 is 17.9 Å². The van der Waals surface area contributed by atoms with Crippen molar-refractivity contribution in [2.45, 2.75) is 18.6 Å². The van der Waals surface area contributed by atoms with Crippen LogP contribution in [0.2, 0.25) is 0 Å². The number of rotatable bonds is 4. The van der Waals surface area contributed by atoms with Crippen molar-refractivity contribution in [3.63, 3.8) is 0 Å². The third kappa shape index (κ3) is 2.12. The highest BCUT2D eigenvalue weighted by atomic mass is 16.6. The van der Waals surface area contributed by atoms with Gasteiger partial charge in [-0.2, -0.15) is 0 Å². The van der Waals surface area contributed by atoms with Crippen LogP contribution in [-0.4, -0.2) is 38.7 Å². The fourth-order valence-electron chi connectivity index (χ4n) is 3.26. The molecule has 3 rings (SSSR count). The molecule has 1 aromatic carbocycles. The third-order valence-corrected chi connectivity index (χ3v) is 4.21. The molecule has 0 aromatic heterocycles. The van der Waals surface area contributed by atoms with Crippen LogP contribution < -0.4 is 0 Å². The van der Waals surface area contributed by atoms with Gasteiger partial charge in [-0.05, 0) is 11.1 Å². The van der Waals surface area contributed by atoms with E-state index in [1.807, 2.05) is 0 Å². The monoisotopic (exact) mass is 332 g/mol. The number of carbonyl (C=O) groups excluding carboxylic acids is 3. The summed E-state index contributed by atoms with van der Waals surface area (Å²) in [7, 11) is 2.43. The van der Waals surface area contributed by atoms with E-state index in [0.29, 0.717) is 5.56 Å². The second kappa shape index (κ2) is 5.76. The van der Waals surface area contributed by atoms with Gasteiger partial charge in [0, 0.05) is 6.92 Å². The van der Waals surface area contributed by atoms with E-state index in [1.165, 1.54) is 21.1 Å². The molecule has 2 aliphatic rings. The molecule has 126 valence electrons. The summed E-state index contributed by atoms with van der Waals surface area (Å²) in [5.74, 6) is -1.93. The summed E-state index contributed by atoms with van der Waals surface area (Å²) >= 11 is 0. The lowest BCUT2D eigenvalue weighted by atomic mass is 9.77. The molecule has 2 aliphatic heterocycles. The Morgan fingerprint density at radius 3 is 2.42 bits per heavy atom. The molecule has 7 heteroatoms. The van der Waals surface area contributed by atoms with Gasteiger partial charge in [0.2, 0.25) is 0 Å². The molecule has 0 aliphatic carbocycles. The number of benzene rings is 1. The van der Waals surface area contributed by atoms with Crippen molar-refractivity contribution in [1.29, 1.82) is 0 Å². The van der Waals surface area contributed by atoms with Crippen LogP contribution in [0.4, 0.5) is 0 Å². The first-order chi connectivity index (χ1) is 11.5. The van der Waals surface area contributed by atoms with Crippen LogP contribution in [-0.2, 0) is 38.9 Å². The van der Waals surface area contributed by atoms with Crippen LogP contribution in [0.25, 0.3) is 0 Å². The molecule has 0 amide bonds. The Hall–Kier alpha value is -2.67. The summed E-state index contributed by atoms with van der Waals surface area (Å²) in [5.41, 5.74) is 0.128. The van der Waals surface area contributed by atoms with Gasteiger partial charge in [-0.3, -0.25) is 4.79 Å². The molecule has 0 spiro atoms. The Bertz CT molecular complexity index is 764. The van der Waals surface area contributed by atoms with Crippen molar-refractivity contribution in [1.82, 2.24) is 0 Å². The fourth-order valence-corrected chi connectivity index (χ4v) is 3.26. The Morgan fingerprint density at radius 1 is 1.12 bits per heavy atom. The van der Waals surface area contributed by atoms with E-state index in [9.17, 15) is 14.4 Å². The minimum Gasteiger partial charge on any atom is -0.466 e. The van der Waals surface area contributed by atoms with Crippen molar-refractivity contribution in [3.8, 4) is 0 Å². The normalized spacial score (nSPS) is 23.7. The van der Waals surface area contributed by atoms with Gasteiger partial charge >= 0.3 is 17.9 Å². The Labute approximate surface area is 138 Å². The highest BCUT2D eigenvalue weighted by Gasteiger charge is 2.61. The van der Waals surface area contributed by atoms with Gasteiger partial charge in [-0.25, -0.2) is 9.59 Å².